The number of amides is 2. The normalized spacial score (nSPS) is 23.5. The number of nitrogens with zero attached hydrogens (tertiary/aromatic N) is 4. The van der Waals surface area contributed by atoms with Crippen LogP contribution in [0.4, 0.5) is 11.5 Å². The van der Waals surface area contributed by atoms with Gasteiger partial charge in [0.15, 0.2) is 0 Å². The number of anilines is 2. The number of nitrogen functional groups attached to an aromatic ring is 1. The molecule has 3 unspecified atom stereocenters. The molecule has 2 amide bonds. The molecule has 0 saturated carbocycles. The van der Waals surface area contributed by atoms with Crippen LogP contribution in [0.3, 0.4) is 0 Å². The lowest BCUT2D eigenvalue weighted by atomic mass is 9.89. The molecule has 2 aromatic heterocycles. The molecule has 3 N–H and O–H groups in total. The molecule has 1 aromatic carbocycles. The van der Waals surface area contributed by atoms with E-state index in [0.717, 1.165) is 55.4 Å². The molecule has 194 valence electrons. The highest BCUT2D eigenvalue weighted by atomic mass is 16.5. The summed E-state index contributed by atoms with van der Waals surface area (Å²) in [5.41, 5.74) is 9.15. The lowest BCUT2D eigenvalue weighted by Crippen LogP contribution is -2.46. The number of likely N-dealkylation sites (tertiary alicyclic amines) is 1. The van der Waals surface area contributed by atoms with E-state index in [2.05, 4.69) is 28.4 Å². The number of aromatic nitrogens is 3. The van der Waals surface area contributed by atoms with Crippen molar-refractivity contribution in [3.8, 4) is 5.75 Å². The molecule has 37 heavy (non-hydrogen) atoms. The first-order chi connectivity index (χ1) is 18.0. The average Bonchev–Trinajstić information content (AvgIpc) is 3.58. The van der Waals surface area contributed by atoms with Gasteiger partial charge in [0.2, 0.25) is 0 Å². The Morgan fingerprint density at radius 3 is 2.89 bits per heavy atom. The number of nitrogens with one attached hydrogen (secondary N) is 1. The molecule has 2 saturated heterocycles. The minimum absolute atomic E-state index is 0.160. The average molecular weight is 505 g/mol. The van der Waals surface area contributed by atoms with E-state index in [1.54, 1.807) is 15.8 Å². The monoisotopic (exact) mass is 504 g/mol. The molecule has 3 aliphatic rings. The van der Waals surface area contributed by atoms with Crippen LogP contribution in [0.2, 0.25) is 0 Å². The van der Waals surface area contributed by atoms with Crippen molar-refractivity contribution >= 4 is 34.2 Å². The zero-order valence-electron chi connectivity index (χ0n) is 21.0. The molecular weight excluding hydrogens is 472 g/mol. The van der Waals surface area contributed by atoms with Crippen LogP contribution in [0.5, 0.6) is 5.75 Å². The number of benzene rings is 1. The SMILES string of the molecule is CC1CCC(c2ccc3c(c2)CCO3)N(C(=O)C(=O)Nc2cnc(N)c3cn(C4CCCCO4)nc23)C1. The van der Waals surface area contributed by atoms with E-state index in [-0.39, 0.29) is 12.3 Å². The predicted octanol–water partition coefficient (Wildman–Crippen LogP) is 3.59. The number of nitrogens with two attached hydrogens (primary N) is 1. The molecule has 10 heteroatoms. The van der Waals surface area contributed by atoms with Crippen molar-refractivity contribution in [2.75, 3.05) is 30.8 Å². The van der Waals surface area contributed by atoms with Crippen LogP contribution >= 0.6 is 0 Å². The van der Waals surface area contributed by atoms with Crippen LogP contribution in [0.25, 0.3) is 10.9 Å². The number of piperidine rings is 1. The highest BCUT2D eigenvalue weighted by Crippen LogP contribution is 2.37. The van der Waals surface area contributed by atoms with Crippen molar-refractivity contribution in [2.45, 2.75) is 57.7 Å². The maximum absolute atomic E-state index is 13.5. The van der Waals surface area contributed by atoms with Gasteiger partial charge in [-0.25, -0.2) is 9.67 Å². The van der Waals surface area contributed by atoms with Crippen molar-refractivity contribution in [3.63, 3.8) is 0 Å². The molecule has 0 aliphatic carbocycles. The van der Waals surface area contributed by atoms with E-state index in [1.165, 1.54) is 6.20 Å². The zero-order valence-corrected chi connectivity index (χ0v) is 21.0. The van der Waals surface area contributed by atoms with Crippen molar-refractivity contribution in [2.24, 2.45) is 5.92 Å². The molecule has 3 aromatic rings. The van der Waals surface area contributed by atoms with Crippen LogP contribution in [-0.4, -0.2) is 51.2 Å². The second-order valence-electron chi connectivity index (χ2n) is 10.3. The number of fused-ring (bicyclic) bond motifs is 2. The summed E-state index contributed by atoms with van der Waals surface area (Å²) >= 11 is 0. The van der Waals surface area contributed by atoms with Crippen LogP contribution in [-0.2, 0) is 20.7 Å². The second-order valence-corrected chi connectivity index (χ2v) is 10.3. The summed E-state index contributed by atoms with van der Waals surface area (Å²) in [4.78, 5) is 32.7. The van der Waals surface area contributed by atoms with Crippen molar-refractivity contribution < 1.29 is 19.1 Å². The third kappa shape index (κ3) is 4.50. The number of carbonyl (C=O) groups is 2. The Morgan fingerprint density at radius 2 is 2.05 bits per heavy atom. The minimum atomic E-state index is -0.708. The van der Waals surface area contributed by atoms with Gasteiger partial charge in [0.1, 0.15) is 23.3 Å². The number of ether oxygens (including phenoxy) is 2. The summed E-state index contributed by atoms with van der Waals surface area (Å²) in [5.74, 6) is 0.253. The summed E-state index contributed by atoms with van der Waals surface area (Å²) in [5, 5.41) is 8.03. The van der Waals surface area contributed by atoms with Gasteiger partial charge >= 0.3 is 11.8 Å². The lowest BCUT2D eigenvalue weighted by Gasteiger charge is -2.38. The van der Waals surface area contributed by atoms with Gasteiger partial charge < -0.3 is 25.4 Å². The van der Waals surface area contributed by atoms with E-state index in [9.17, 15) is 9.59 Å². The molecule has 0 radical (unpaired) electrons. The number of carbonyl (C=O) groups excluding carboxylic acids is 2. The first-order valence-electron chi connectivity index (χ1n) is 13.1. The van der Waals surface area contributed by atoms with Crippen LogP contribution in [0.1, 0.15) is 62.4 Å². The van der Waals surface area contributed by atoms with Gasteiger partial charge in [0.05, 0.1) is 29.9 Å². The highest BCUT2D eigenvalue weighted by molar-refractivity contribution is 6.40. The quantitative estimate of drug-likeness (QED) is 0.522. The Morgan fingerprint density at radius 1 is 1.16 bits per heavy atom. The summed E-state index contributed by atoms with van der Waals surface area (Å²) in [6.45, 7) is 3.99. The molecule has 0 spiro atoms. The number of hydrogen-bond acceptors (Lipinski definition) is 7. The Labute approximate surface area is 215 Å². The van der Waals surface area contributed by atoms with E-state index in [0.29, 0.717) is 48.1 Å². The first kappa shape index (κ1) is 23.7. The Hall–Kier alpha value is -3.66. The molecule has 0 bridgehead atoms. The van der Waals surface area contributed by atoms with Crippen LogP contribution < -0.4 is 15.8 Å². The summed E-state index contributed by atoms with van der Waals surface area (Å²) in [6, 6.07) is 5.94. The van der Waals surface area contributed by atoms with Gasteiger partial charge in [0.25, 0.3) is 0 Å². The smallest absolute Gasteiger partial charge is 0.314 e. The van der Waals surface area contributed by atoms with Gasteiger partial charge in [-0.1, -0.05) is 13.0 Å². The lowest BCUT2D eigenvalue weighted by molar-refractivity contribution is -0.146. The fourth-order valence-corrected chi connectivity index (χ4v) is 5.66. The predicted molar refractivity (Wildman–Crippen MR) is 138 cm³/mol. The maximum Gasteiger partial charge on any atom is 0.314 e. The molecule has 5 heterocycles. The molecule has 2 fully saturated rings. The van der Waals surface area contributed by atoms with Gasteiger partial charge in [-0.05, 0) is 61.3 Å². The van der Waals surface area contributed by atoms with Crippen LogP contribution in [0, 0.1) is 5.92 Å². The Kier molecular flexibility index (Phi) is 6.19. The number of hydrogen-bond donors (Lipinski definition) is 2. The fourth-order valence-electron chi connectivity index (χ4n) is 5.66. The van der Waals surface area contributed by atoms with Crippen LogP contribution in [0.15, 0.2) is 30.6 Å². The standard InChI is InChI=1S/C27H32N6O4/c1-16-5-7-21(17-6-8-22-18(12-17)9-11-36-22)32(14-16)27(35)26(34)30-20-13-29-25(28)19-15-33(31-24(19)20)23-4-2-3-10-37-23/h6,8,12-13,15-16,21,23H,2-5,7,9-11,14H2,1H3,(H2,28,29)(H,30,34). The van der Waals surface area contributed by atoms with Gasteiger partial charge in [-0.15, -0.1) is 0 Å². The molecule has 6 rings (SSSR count). The van der Waals surface area contributed by atoms with Crippen molar-refractivity contribution in [1.29, 1.82) is 0 Å². The Balaban J connectivity index is 1.25. The summed E-state index contributed by atoms with van der Waals surface area (Å²) < 4.78 is 13.2. The molecule has 3 atom stereocenters. The third-order valence-electron chi connectivity index (χ3n) is 7.67. The number of pyridine rings is 1. The van der Waals surface area contributed by atoms with Gasteiger partial charge in [0, 0.05) is 25.8 Å². The molecule has 10 nitrogen and oxygen atoms in total. The summed E-state index contributed by atoms with van der Waals surface area (Å²) in [6.07, 6.45) is 8.67. The van der Waals surface area contributed by atoms with Crippen molar-refractivity contribution in [3.05, 3.63) is 41.7 Å². The Bertz CT molecular complexity index is 1350. The highest BCUT2D eigenvalue weighted by Gasteiger charge is 2.35. The van der Waals surface area contributed by atoms with E-state index in [1.807, 2.05) is 12.1 Å². The van der Waals surface area contributed by atoms with Crippen molar-refractivity contribution in [1.82, 2.24) is 19.7 Å². The number of rotatable bonds is 3. The molecular formula is C27H32N6O4. The maximum atomic E-state index is 13.5. The summed E-state index contributed by atoms with van der Waals surface area (Å²) in [7, 11) is 0. The molecule has 3 aliphatic heterocycles. The third-order valence-corrected chi connectivity index (χ3v) is 7.67. The fraction of sp³-hybridized carbons (Fsp3) is 0.481. The van der Waals surface area contributed by atoms with E-state index < -0.39 is 11.8 Å². The first-order valence-corrected chi connectivity index (χ1v) is 13.1. The van der Waals surface area contributed by atoms with E-state index in [4.69, 9.17) is 15.2 Å². The zero-order chi connectivity index (χ0) is 25.5. The second kappa shape index (κ2) is 9.66. The topological polar surface area (TPSA) is 125 Å². The van der Waals surface area contributed by atoms with Gasteiger partial charge in [-0.2, -0.15) is 5.10 Å². The van der Waals surface area contributed by atoms with E-state index >= 15 is 0 Å². The largest absolute Gasteiger partial charge is 0.493 e. The van der Waals surface area contributed by atoms with Gasteiger partial charge in [-0.3, -0.25) is 9.59 Å². The minimum Gasteiger partial charge on any atom is -0.493 e.